The number of unbranched alkanes of at least 4 members (excludes halogenated alkanes) is 3. The molecule has 0 spiro atoms. The van der Waals surface area contributed by atoms with Crippen LogP contribution in [0.4, 0.5) is 0 Å². The van der Waals surface area contributed by atoms with Crippen molar-refractivity contribution < 1.29 is 4.42 Å². The highest BCUT2D eigenvalue weighted by atomic mass is 35.5. The number of hydrogen-bond donors (Lipinski definition) is 1. The van der Waals surface area contributed by atoms with Crippen LogP contribution >= 0.6 is 24.0 Å². The minimum absolute atomic E-state index is 0. The second-order valence-electron chi connectivity index (χ2n) is 5.01. The Kier molecular flexibility index (Phi) is 8.51. The zero-order valence-corrected chi connectivity index (χ0v) is 14.0. The largest absolute Gasteiger partial charge is 0.460 e. The lowest BCUT2D eigenvalue weighted by molar-refractivity contribution is 0.487. The fourth-order valence-corrected chi connectivity index (χ4v) is 2.26. The van der Waals surface area contributed by atoms with Crippen LogP contribution in [0.15, 0.2) is 40.8 Å². The maximum Gasteiger partial charge on any atom is 0.134 e. The van der Waals surface area contributed by atoms with E-state index < -0.39 is 0 Å². The average Bonchev–Trinajstić information content (AvgIpc) is 2.92. The van der Waals surface area contributed by atoms with Crippen molar-refractivity contribution in [3.05, 3.63) is 47.2 Å². The lowest BCUT2D eigenvalue weighted by atomic mass is 10.2. The van der Waals surface area contributed by atoms with Crippen LogP contribution in [-0.2, 0) is 6.54 Å². The Morgan fingerprint density at radius 3 is 2.48 bits per heavy atom. The van der Waals surface area contributed by atoms with E-state index in [-0.39, 0.29) is 12.4 Å². The molecule has 2 rings (SSSR count). The van der Waals surface area contributed by atoms with Crippen LogP contribution in [0.5, 0.6) is 0 Å². The van der Waals surface area contributed by atoms with Crippen molar-refractivity contribution in [1.82, 2.24) is 5.32 Å². The van der Waals surface area contributed by atoms with Gasteiger partial charge in [0.05, 0.1) is 6.54 Å². The standard InChI is InChI=1S/C17H22ClNO.ClH/c1-2-3-4-5-12-19-13-16-10-11-17(20-16)14-6-8-15(18)9-7-14;/h6-11,19H,2-5,12-13H2,1H3;1H. The van der Waals surface area contributed by atoms with Gasteiger partial charge in [-0.2, -0.15) is 0 Å². The molecule has 2 nitrogen and oxygen atoms in total. The van der Waals surface area contributed by atoms with Crippen molar-refractivity contribution >= 4 is 24.0 Å². The lowest BCUT2D eigenvalue weighted by Gasteiger charge is -2.02. The average molecular weight is 328 g/mol. The molecule has 0 aliphatic rings. The SMILES string of the molecule is CCCCCCNCc1ccc(-c2ccc(Cl)cc2)o1.Cl. The third-order valence-corrected chi connectivity index (χ3v) is 3.55. The highest BCUT2D eigenvalue weighted by Crippen LogP contribution is 2.23. The fraction of sp³-hybridized carbons (Fsp3) is 0.412. The first-order valence-corrected chi connectivity index (χ1v) is 7.73. The highest BCUT2D eigenvalue weighted by Gasteiger charge is 2.04. The monoisotopic (exact) mass is 327 g/mol. The van der Waals surface area contributed by atoms with E-state index >= 15 is 0 Å². The normalized spacial score (nSPS) is 10.4. The van der Waals surface area contributed by atoms with Gasteiger partial charge in [0, 0.05) is 10.6 Å². The van der Waals surface area contributed by atoms with Crippen LogP contribution in [0.2, 0.25) is 5.02 Å². The Hall–Kier alpha value is -0.960. The molecular formula is C17H23Cl2NO. The minimum Gasteiger partial charge on any atom is -0.460 e. The van der Waals surface area contributed by atoms with Crippen molar-refractivity contribution in [3.63, 3.8) is 0 Å². The van der Waals surface area contributed by atoms with Gasteiger partial charge in [0.25, 0.3) is 0 Å². The van der Waals surface area contributed by atoms with Gasteiger partial charge in [-0.05, 0) is 49.4 Å². The molecule has 0 unspecified atom stereocenters. The molecule has 0 aliphatic carbocycles. The van der Waals surface area contributed by atoms with Crippen LogP contribution in [-0.4, -0.2) is 6.54 Å². The fourth-order valence-electron chi connectivity index (χ4n) is 2.13. The quantitative estimate of drug-likeness (QED) is 0.630. The molecule has 1 heterocycles. The number of rotatable bonds is 8. The topological polar surface area (TPSA) is 25.2 Å². The van der Waals surface area contributed by atoms with Gasteiger partial charge in [-0.3, -0.25) is 0 Å². The molecule has 1 N–H and O–H groups in total. The first-order chi connectivity index (χ1) is 9.79. The number of nitrogens with one attached hydrogen (secondary N) is 1. The Balaban J connectivity index is 0.00000220. The van der Waals surface area contributed by atoms with E-state index in [2.05, 4.69) is 12.2 Å². The van der Waals surface area contributed by atoms with E-state index in [4.69, 9.17) is 16.0 Å². The van der Waals surface area contributed by atoms with Gasteiger partial charge < -0.3 is 9.73 Å². The highest BCUT2D eigenvalue weighted by molar-refractivity contribution is 6.30. The van der Waals surface area contributed by atoms with Crippen molar-refractivity contribution in [1.29, 1.82) is 0 Å². The molecule has 21 heavy (non-hydrogen) atoms. The van der Waals surface area contributed by atoms with Gasteiger partial charge >= 0.3 is 0 Å². The number of hydrogen-bond acceptors (Lipinski definition) is 2. The van der Waals surface area contributed by atoms with Gasteiger partial charge in [-0.1, -0.05) is 37.8 Å². The summed E-state index contributed by atoms with van der Waals surface area (Å²) in [5, 5.41) is 4.16. The molecule has 1 aromatic heterocycles. The maximum atomic E-state index is 5.88. The van der Waals surface area contributed by atoms with Gasteiger partial charge in [0.15, 0.2) is 0 Å². The molecule has 0 saturated carbocycles. The van der Waals surface area contributed by atoms with E-state index in [1.54, 1.807) is 0 Å². The summed E-state index contributed by atoms with van der Waals surface area (Å²) in [6.45, 7) is 4.07. The Labute approximate surface area is 138 Å². The third-order valence-electron chi connectivity index (χ3n) is 3.30. The Morgan fingerprint density at radius 2 is 1.76 bits per heavy atom. The van der Waals surface area contributed by atoms with Crippen molar-refractivity contribution in [2.75, 3.05) is 6.54 Å². The van der Waals surface area contributed by atoms with Gasteiger partial charge in [-0.25, -0.2) is 0 Å². The minimum atomic E-state index is 0. The zero-order valence-electron chi connectivity index (χ0n) is 12.4. The molecule has 0 saturated heterocycles. The molecule has 2 aromatic rings. The van der Waals surface area contributed by atoms with E-state index in [0.29, 0.717) is 0 Å². The molecule has 0 radical (unpaired) electrons. The van der Waals surface area contributed by atoms with Crippen molar-refractivity contribution in [2.45, 2.75) is 39.2 Å². The maximum absolute atomic E-state index is 5.88. The van der Waals surface area contributed by atoms with Gasteiger partial charge in [0.2, 0.25) is 0 Å². The predicted octanol–water partition coefficient (Wildman–Crippen LogP) is 5.69. The smallest absolute Gasteiger partial charge is 0.134 e. The summed E-state index contributed by atoms with van der Waals surface area (Å²) in [6, 6.07) is 11.8. The second-order valence-corrected chi connectivity index (χ2v) is 5.45. The van der Waals surface area contributed by atoms with E-state index in [1.807, 2.05) is 36.4 Å². The molecule has 0 fully saturated rings. The number of halogens is 2. The lowest BCUT2D eigenvalue weighted by Crippen LogP contribution is -2.14. The first kappa shape index (κ1) is 18.1. The van der Waals surface area contributed by atoms with Crippen molar-refractivity contribution in [3.8, 4) is 11.3 Å². The summed E-state index contributed by atoms with van der Waals surface area (Å²) in [4.78, 5) is 0. The summed E-state index contributed by atoms with van der Waals surface area (Å²) in [5.41, 5.74) is 1.06. The second kappa shape index (κ2) is 9.88. The van der Waals surface area contributed by atoms with E-state index in [9.17, 15) is 0 Å². The molecule has 4 heteroatoms. The van der Waals surface area contributed by atoms with E-state index in [1.165, 1.54) is 25.7 Å². The van der Waals surface area contributed by atoms with E-state index in [0.717, 1.165) is 35.2 Å². The third kappa shape index (κ3) is 6.13. The van der Waals surface area contributed by atoms with Gasteiger partial charge in [-0.15, -0.1) is 12.4 Å². The molecule has 116 valence electrons. The Morgan fingerprint density at radius 1 is 1.00 bits per heavy atom. The summed E-state index contributed by atoms with van der Waals surface area (Å²) >= 11 is 5.88. The van der Waals surface area contributed by atoms with Crippen LogP contribution < -0.4 is 5.32 Å². The molecule has 0 amide bonds. The van der Waals surface area contributed by atoms with Gasteiger partial charge in [0.1, 0.15) is 11.5 Å². The summed E-state index contributed by atoms with van der Waals surface area (Å²) in [7, 11) is 0. The van der Waals surface area contributed by atoms with Crippen LogP contribution in [0.25, 0.3) is 11.3 Å². The first-order valence-electron chi connectivity index (χ1n) is 7.35. The zero-order chi connectivity index (χ0) is 14.2. The number of benzene rings is 1. The van der Waals surface area contributed by atoms with Crippen molar-refractivity contribution in [2.24, 2.45) is 0 Å². The molecular weight excluding hydrogens is 305 g/mol. The van der Waals surface area contributed by atoms with Crippen LogP contribution in [0.1, 0.15) is 38.4 Å². The van der Waals surface area contributed by atoms with Crippen LogP contribution in [0.3, 0.4) is 0 Å². The predicted molar refractivity (Wildman–Crippen MR) is 92.3 cm³/mol. The van der Waals surface area contributed by atoms with Crippen LogP contribution in [0, 0.1) is 0 Å². The molecule has 0 aliphatic heterocycles. The molecule has 1 aromatic carbocycles. The summed E-state index contributed by atoms with van der Waals surface area (Å²) < 4.78 is 5.83. The Bertz CT molecular complexity index is 508. The molecule has 0 atom stereocenters. The number of furan rings is 1. The summed E-state index contributed by atoms with van der Waals surface area (Å²) in [6.07, 6.45) is 5.14. The summed E-state index contributed by atoms with van der Waals surface area (Å²) in [5.74, 6) is 1.87. The molecule has 0 bridgehead atoms.